The topological polar surface area (TPSA) is 101 Å². The summed E-state index contributed by atoms with van der Waals surface area (Å²) < 4.78 is 43.7. The fraction of sp³-hybridized carbons (Fsp3) is 0.500. The Balaban J connectivity index is 1.41. The van der Waals surface area contributed by atoms with Gasteiger partial charge in [0.1, 0.15) is 5.82 Å². The normalized spacial score (nSPS) is 22.7. The van der Waals surface area contributed by atoms with Crippen molar-refractivity contribution in [2.75, 3.05) is 17.8 Å². The number of hydrogen-bond donors (Lipinski definition) is 2. The lowest BCUT2D eigenvalue weighted by atomic mass is 9.82. The summed E-state index contributed by atoms with van der Waals surface area (Å²) in [7, 11) is -4.06. The molecule has 2 amide bonds. The van der Waals surface area contributed by atoms with Crippen LogP contribution in [0.4, 0.5) is 14.9 Å². The summed E-state index contributed by atoms with van der Waals surface area (Å²) in [6, 6.07) is 7.72. The number of nitrogens with zero attached hydrogens (tertiary/aromatic N) is 2. The standard InChI is InChI=1S/C24H29FN4O4S/c25-18-5-4-8-20(12-18)34(32,33)27-21-9-10-22(30)29-14-16-11-17(23(21)29)15-28(13-16)24(31)26-19-6-2-1-3-7-19/h4-5,8-10,12,16-17,19,27H,1-3,6-7,11,13-15H2,(H,26,31)/t16-,17+/m0/s1. The zero-order valence-corrected chi connectivity index (χ0v) is 19.7. The van der Waals surface area contributed by atoms with Gasteiger partial charge in [-0.05, 0) is 49.4 Å². The van der Waals surface area contributed by atoms with Crippen molar-refractivity contribution in [2.24, 2.45) is 5.92 Å². The fourth-order valence-electron chi connectivity index (χ4n) is 5.62. The van der Waals surface area contributed by atoms with Gasteiger partial charge in [-0.1, -0.05) is 25.3 Å². The maximum Gasteiger partial charge on any atom is 0.317 e. The number of carbonyl (C=O) groups is 1. The lowest BCUT2D eigenvalue weighted by molar-refractivity contribution is 0.128. The predicted molar refractivity (Wildman–Crippen MR) is 126 cm³/mol. The van der Waals surface area contributed by atoms with E-state index in [1.165, 1.54) is 36.8 Å². The largest absolute Gasteiger partial charge is 0.335 e. The monoisotopic (exact) mass is 488 g/mol. The van der Waals surface area contributed by atoms with E-state index in [-0.39, 0.29) is 34.4 Å². The van der Waals surface area contributed by atoms with Crippen LogP contribution in [0.5, 0.6) is 0 Å². The summed E-state index contributed by atoms with van der Waals surface area (Å²) in [5, 5.41) is 3.16. The fourth-order valence-corrected chi connectivity index (χ4v) is 6.72. The molecule has 2 atom stereocenters. The Morgan fingerprint density at radius 2 is 1.82 bits per heavy atom. The van der Waals surface area contributed by atoms with E-state index in [1.54, 1.807) is 9.47 Å². The quantitative estimate of drug-likeness (QED) is 0.690. The second-order valence-electron chi connectivity index (χ2n) is 9.63. The van der Waals surface area contributed by atoms with E-state index in [4.69, 9.17) is 0 Å². The van der Waals surface area contributed by atoms with Gasteiger partial charge in [-0.3, -0.25) is 9.52 Å². The van der Waals surface area contributed by atoms with E-state index in [2.05, 4.69) is 10.0 Å². The van der Waals surface area contributed by atoms with E-state index < -0.39 is 15.8 Å². The Morgan fingerprint density at radius 3 is 2.59 bits per heavy atom. The molecule has 1 saturated carbocycles. The molecule has 34 heavy (non-hydrogen) atoms. The second-order valence-corrected chi connectivity index (χ2v) is 11.3. The van der Waals surface area contributed by atoms with E-state index >= 15 is 0 Å². The number of carbonyl (C=O) groups excluding carboxylic acids is 1. The second kappa shape index (κ2) is 9.05. The zero-order chi connectivity index (χ0) is 23.9. The van der Waals surface area contributed by atoms with Crippen LogP contribution >= 0.6 is 0 Å². The molecule has 0 radical (unpaired) electrons. The smallest absolute Gasteiger partial charge is 0.317 e. The predicted octanol–water partition coefficient (Wildman–Crippen LogP) is 3.25. The van der Waals surface area contributed by atoms with Crippen LogP contribution in [0.15, 0.2) is 46.1 Å². The van der Waals surface area contributed by atoms with Crippen molar-refractivity contribution in [3.8, 4) is 0 Å². The van der Waals surface area contributed by atoms with E-state index in [0.717, 1.165) is 38.2 Å². The number of likely N-dealkylation sites (tertiary alicyclic amines) is 1. The lowest BCUT2D eigenvalue weighted by Gasteiger charge is -2.43. The summed E-state index contributed by atoms with van der Waals surface area (Å²) in [5.41, 5.74) is 0.680. The molecule has 2 N–H and O–H groups in total. The van der Waals surface area contributed by atoms with Crippen molar-refractivity contribution in [3.63, 3.8) is 0 Å². The first kappa shape index (κ1) is 22.9. The lowest BCUT2D eigenvalue weighted by Crippen LogP contribution is -2.53. The van der Waals surface area contributed by atoms with Crippen molar-refractivity contribution < 1.29 is 17.6 Å². The van der Waals surface area contributed by atoms with E-state index in [9.17, 15) is 22.4 Å². The molecule has 3 heterocycles. The minimum atomic E-state index is -4.06. The number of hydrogen-bond acceptors (Lipinski definition) is 4. The van der Waals surface area contributed by atoms with Crippen molar-refractivity contribution in [1.29, 1.82) is 0 Å². The summed E-state index contributed by atoms with van der Waals surface area (Å²) in [6.45, 7) is 1.40. The van der Waals surface area contributed by atoms with E-state index in [0.29, 0.717) is 31.0 Å². The molecule has 1 aromatic heterocycles. The molecule has 2 aliphatic heterocycles. The molecule has 1 saturated heterocycles. The van der Waals surface area contributed by atoms with Crippen molar-refractivity contribution in [2.45, 2.75) is 61.9 Å². The average Bonchev–Trinajstić information content (AvgIpc) is 2.81. The number of urea groups is 1. The van der Waals surface area contributed by atoms with E-state index in [1.807, 2.05) is 0 Å². The summed E-state index contributed by atoms with van der Waals surface area (Å²) >= 11 is 0. The third kappa shape index (κ3) is 4.55. The number of sulfonamides is 1. The Kier molecular flexibility index (Phi) is 6.09. The average molecular weight is 489 g/mol. The highest BCUT2D eigenvalue weighted by Crippen LogP contribution is 2.39. The van der Waals surface area contributed by atoms with Gasteiger partial charge in [0.2, 0.25) is 0 Å². The Morgan fingerprint density at radius 1 is 1.03 bits per heavy atom. The summed E-state index contributed by atoms with van der Waals surface area (Å²) in [4.78, 5) is 27.3. The van der Waals surface area contributed by atoms with Crippen molar-refractivity contribution in [1.82, 2.24) is 14.8 Å². The maximum atomic E-state index is 13.6. The molecule has 2 aromatic rings. The number of anilines is 1. The van der Waals surface area contributed by atoms with Gasteiger partial charge < -0.3 is 14.8 Å². The number of halogens is 1. The van der Waals surface area contributed by atoms with Crippen LogP contribution in [0.1, 0.15) is 50.1 Å². The number of piperidine rings is 1. The van der Waals surface area contributed by atoms with Gasteiger partial charge >= 0.3 is 6.03 Å². The minimum Gasteiger partial charge on any atom is -0.335 e. The van der Waals surface area contributed by atoms with Gasteiger partial charge in [0, 0.05) is 37.7 Å². The number of benzene rings is 1. The molecule has 0 unspecified atom stereocenters. The third-order valence-electron chi connectivity index (χ3n) is 7.16. The molecule has 5 rings (SSSR count). The number of pyridine rings is 1. The molecule has 2 bridgehead atoms. The number of fused-ring (bicyclic) bond motifs is 4. The minimum absolute atomic E-state index is 0.0878. The highest BCUT2D eigenvalue weighted by Gasteiger charge is 2.38. The molecule has 1 aliphatic carbocycles. The summed E-state index contributed by atoms with van der Waals surface area (Å²) in [5.74, 6) is -0.705. The molecule has 10 heteroatoms. The van der Waals surface area contributed by atoms with Crippen LogP contribution in [0.3, 0.4) is 0 Å². The third-order valence-corrected chi connectivity index (χ3v) is 8.52. The molecular formula is C24H29FN4O4S. The Bertz CT molecular complexity index is 1260. The van der Waals surface area contributed by atoms with Gasteiger partial charge in [0.25, 0.3) is 15.6 Å². The van der Waals surface area contributed by atoms with Crippen LogP contribution in [-0.4, -0.2) is 43.0 Å². The Labute approximate surface area is 198 Å². The molecule has 2 fully saturated rings. The Hall–Kier alpha value is -2.88. The van der Waals surface area contributed by atoms with Crippen LogP contribution in [0.25, 0.3) is 0 Å². The maximum absolute atomic E-state index is 13.6. The number of amides is 2. The molecule has 1 aromatic carbocycles. The number of aromatic nitrogens is 1. The van der Waals surface area contributed by atoms with Crippen LogP contribution in [-0.2, 0) is 16.6 Å². The van der Waals surface area contributed by atoms with Crippen molar-refractivity contribution >= 4 is 21.7 Å². The van der Waals surface area contributed by atoms with Gasteiger partial charge in [0.05, 0.1) is 16.3 Å². The van der Waals surface area contributed by atoms with Crippen molar-refractivity contribution in [3.05, 3.63) is 58.3 Å². The van der Waals surface area contributed by atoms with Gasteiger partial charge in [0.15, 0.2) is 0 Å². The number of rotatable bonds is 4. The zero-order valence-electron chi connectivity index (χ0n) is 18.9. The van der Waals surface area contributed by atoms with Crippen LogP contribution in [0.2, 0.25) is 0 Å². The molecule has 182 valence electrons. The van der Waals surface area contributed by atoms with Crippen LogP contribution in [0, 0.1) is 11.7 Å². The summed E-state index contributed by atoms with van der Waals surface area (Å²) in [6.07, 6.45) is 6.22. The highest BCUT2D eigenvalue weighted by atomic mass is 32.2. The SMILES string of the molecule is O=C(NC1CCCCC1)N1C[C@@H]2C[C@H](C1)c1c(NS(=O)(=O)c3cccc(F)c3)ccc(=O)n1C2. The van der Waals surface area contributed by atoms with Gasteiger partial charge in [-0.2, -0.15) is 0 Å². The molecule has 0 spiro atoms. The molecular weight excluding hydrogens is 459 g/mol. The van der Waals surface area contributed by atoms with Gasteiger partial charge in [-0.25, -0.2) is 17.6 Å². The first-order chi connectivity index (χ1) is 16.3. The molecule has 3 aliphatic rings. The number of nitrogens with one attached hydrogen (secondary N) is 2. The van der Waals surface area contributed by atoms with Gasteiger partial charge in [-0.15, -0.1) is 0 Å². The highest BCUT2D eigenvalue weighted by molar-refractivity contribution is 7.92. The van der Waals surface area contributed by atoms with Crippen LogP contribution < -0.4 is 15.6 Å². The first-order valence-electron chi connectivity index (χ1n) is 11.9. The molecule has 8 nitrogen and oxygen atoms in total. The first-order valence-corrected chi connectivity index (χ1v) is 13.4.